The molecule has 27 heavy (non-hydrogen) atoms. The third kappa shape index (κ3) is 2.07. The largest absolute Gasteiger partial charge is 0.459 e. The van der Waals surface area contributed by atoms with Crippen molar-refractivity contribution >= 4 is 11.9 Å². The number of amides is 3. The molecule has 0 radical (unpaired) electrons. The highest BCUT2D eigenvalue weighted by atomic mass is 16.3. The van der Waals surface area contributed by atoms with Gasteiger partial charge in [-0.2, -0.15) is 0 Å². The molecule has 3 amide bonds. The molecule has 1 saturated heterocycles. The number of hydrogen-bond acceptors (Lipinski definition) is 3. The molecule has 4 aliphatic carbocycles. The highest BCUT2D eigenvalue weighted by Gasteiger charge is 2.75. The Bertz CT molecular complexity index is 779. The van der Waals surface area contributed by atoms with Crippen LogP contribution in [0.2, 0.25) is 0 Å². The predicted molar refractivity (Wildman–Crippen MR) is 98.1 cm³/mol. The Hall–Kier alpha value is -1.98. The minimum absolute atomic E-state index is 0.0752. The first kappa shape index (κ1) is 16.0. The van der Waals surface area contributed by atoms with E-state index in [1.54, 1.807) is 17.0 Å². The van der Waals surface area contributed by atoms with Crippen LogP contribution in [-0.2, 0) is 0 Å². The fourth-order valence-corrected chi connectivity index (χ4v) is 7.56. The molecule has 2 heterocycles. The number of nitrogens with one attached hydrogen (secondary N) is 1. The number of nitrogens with zero attached hydrogens (tertiary/aromatic N) is 2. The van der Waals surface area contributed by atoms with Crippen molar-refractivity contribution < 1.29 is 14.0 Å². The molecule has 0 aromatic carbocycles. The van der Waals surface area contributed by atoms with Crippen molar-refractivity contribution in [2.24, 2.45) is 23.2 Å². The minimum Gasteiger partial charge on any atom is -0.459 e. The molecule has 5 unspecified atom stereocenters. The van der Waals surface area contributed by atoms with Gasteiger partial charge in [0.25, 0.3) is 5.91 Å². The van der Waals surface area contributed by atoms with E-state index < -0.39 is 0 Å². The molecule has 4 saturated carbocycles. The summed E-state index contributed by atoms with van der Waals surface area (Å²) < 4.78 is 5.21. The fraction of sp³-hybridized carbons (Fsp3) is 0.714. The van der Waals surface area contributed by atoms with Crippen LogP contribution in [0.3, 0.4) is 0 Å². The van der Waals surface area contributed by atoms with Gasteiger partial charge in [-0.3, -0.25) is 4.79 Å². The zero-order chi connectivity index (χ0) is 18.2. The third-order valence-electron chi connectivity index (χ3n) is 8.49. The second-order valence-electron chi connectivity index (χ2n) is 9.64. The number of fused-ring (bicyclic) bond motifs is 2. The van der Waals surface area contributed by atoms with Crippen LogP contribution < -0.4 is 5.32 Å². The molecule has 6 rings (SSSR count). The summed E-state index contributed by atoms with van der Waals surface area (Å²) in [6.07, 6.45) is 9.41. The van der Waals surface area contributed by atoms with Gasteiger partial charge in [0.1, 0.15) is 0 Å². The van der Waals surface area contributed by atoms with E-state index in [2.05, 4.69) is 5.32 Å². The highest BCUT2D eigenvalue weighted by Crippen LogP contribution is 2.77. The lowest BCUT2D eigenvalue weighted by Crippen LogP contribution is -2.69. The quantitative estimate of drug-likeness (QED) is 0.872. The summed E-state index contributed by atoms with van der Waals surface area (Å²) in [7, 11) is 0. The maximum Gasteiger partial charge on any atom is 0.317 e. The minimum atomic E-state index is -0.0824. The average Bonchev–Trinajstić information content (AvgIpc) is 3.31. The van der Waals surface area contributed by atoms with E-state index in [1.165, 1.54) is 44.8 Å². The number of rotatable bonds is 2. The number of carbonyl (C=O) groups excluding carboxylic acids is 2. The van der Waals surface area contributed by atoms with Gasteiger partial charge >= 0.3 is 6.03 Å². The number of furan rings is 1. The first-order valence-corrected chi connectivity index (χ1v) is 10.5. The Kier molecular flexibility index (Phi) is 3.14. The van der Waals surface area contributed by atoms with Crippen LogP contribution in [0.25, 0.3) is 0 Å². The summed E-state index contributed by atoms with van der Waals surface area (Å²) in [5.41, 5.74) is 0.499. The molecule has 6 heteroatoms. The molecule has 1 spiro atoms. The monoisotopic (exact) mass is 369 g/mol. The average molecular weight is 369 g/mol. The summed E-state index contributed by atoms with van der Waals surface area (Å²) in [6.45, 7) is 2.32. The van der Waals surface area contributed by atoms with Gasteiger partial charge in [-0.1, -0.05) is 0 Å². The summed E-state index contributed by atoms with van der Waals surface area (Å²) in [5, 5.41) is 3.52. The van der Waals surface area contributed by atoms with Crippen molar-refractivity contribution in [2.75, 3.05) is 26.2 Å². The van der Waals surface area contributed by atoms with Gasteiger partial charge < -0.3 is 19.5 Å². The summed E-state index contributed by atoms with van der Waals surface area (Å²) in [6, 6.07) is 3.51. The molecule has 1 aromatic rings. The van der Waals surface area contributed by atoms with Crippen LogP contribution in [0.5, 0.6) is 0 Å². The zero-order valence-corrected chi connectivity index (χ0v) is 15.7. The lowest BCUT2D eigenvalue weighted by atomic mass is 9.51. The maximum absolute atomic E-state index is 13.0. The van der Waals surface area contributed by atoms with Gasteiger partial charge in [0.05, 0.1) is 6.26 Å². The van der Waals surface area contributed by atoms with Crippen LogP contribution >= 0.6 is 0 Å². The summed E-state index contributed by atoms with van der Waals surface area (Å²) >= 11 is 0. The van der Waals surface area contributed by atoms with Gasteiger partial charge in [0.15, 0.2) is 5.76 Å². The Labute approximate surface area is 159 Å². The first-order valence-electron chi connectivity index (χ1n) is 10.5. The number of carbonyl (C=O) groups is 2. The van der Waals surface area contributed by atoms with Crippen molar-refractivity contribution in [3.63, 3.8) is 0 Å². The lowest BCUT2D eigenvalue weighted by molar-refractivity contribution is -0.0486. The SMILES string of the molecule is O=C(NC12CC3CC4CC(C1)C2(C4)C3)N1CCN(C(=O)c2ccco2)CC1. The van der Waals surface area contributed by atoms with Crippen molar-refractivity contribution in [1.29, 1.82) is 0 Å². The standard InChI is InChI=1S/C21H27N3O3/c25-18(17-2-1-7-27-17)23-3-5-24(6-4-23)19(26)22-21-12-15-8-14-9-16(13-21)20(21,10-14)11-15/h1-2,7,14-16H,3-6,8-13H2,(H,22,26). The van der Waals surface area contributed by atoms with E-state index >= 15 is 0 Å². The van der Waals surface area contributed by atoms with Gasteiger partial charge in [0.2, 0.25) is 0 Å². The molecule has 5 atom stereocenters. The summed E-state index contributed by atoms with van der Waals surface area (Å²) in [4.78, 5) is 29.1. The Morgan fingerprint density at radius 3 is 2.56 bits per heavy atom. The molecule has 5 aliphatic rings. The molecular formula is C21H27N3O3. The van der Waals surface area contributed by atoms with Crippen LogP contribution in [0.1, 0.15) is 49.1 Å². The van der Waals surface area contributed by atoms with Crippen molar-refractivity contribution in [3.8, 4) is 0 Å². The van der Waals surface area contributed by atoms with Crippen molar-refractivity contribution in [3.05, 3.63) is 24.2 Å². The predicted octanol–water partition coefficient (Wildman–Crippen LogP) is 2.72. The Morgan fingerprint density at radius 2 is 1.78 bits per heavy atom. The lowest BCUT2D eigenvalue weighted by Gasteiger charge is -2.59. The Morgan fingerprint density at radius 1 is 1.00 bits per heavy atom. The molecule has 1 N–H and O–H groups in total. The molecule has 1 aliphatic heterocycles. The fourth-order valence-electron chi connectivity index (χ4n) is 7.56. The van der Waals surface area contributed by atoms with Gasteiger partial charge in [0, 0.05) is 31.7 Å². The van der Waals surface area contributed by atoms with E-state index in [4.69, 9.17) is 4.42 Å². The van der Waals surface area contributed by atoms with Crippen LogP contribution in [0, 0.1) is 23.2 Å². The number of urea groups is 1. The second kappa shape index (κ2) is 5.30. The molecule has 6 nitrogen and oxygen atoms in total. The van der Waals surface area contributed by atoms with Gasteiger partial charge in [-0.15, -0.1) is 0 Å². The molecule has 1 aromatic heterocycles. The van der Waals surface area contributed by atoms with Gasteiger partial charge in [-0.05, 0) is 73.8 Å². The molecule has 3 bridgehead atoms. The van der Waals surface area contributed by atoms with E-state index in [1.807, 2.05) is 4.90 Å². The number of hydrogen-bond donors (Lipinski definition) is 1. The van der Waals surface area contributed by atoms with Crippen molar-refractivity contribution in [2.45, 2.75) is 44.1 Å². The molecule has 5 fully saturated rings. The van der Waals surface area contributed by atoms with Crippen LogP contribution in [0.4, 0.5) is 4.79 Å². The van der Waals surface area contributed by atoms with E-state index in [9.17, 15) is 9.59 Å². The van der Waals surface area contributed by atoms with E-state index in [0.29, 0.717) is 37.4 Å². The normalized spacial score (nSPS) is 41.4. The van der Waals surface area contributed by atoms with Gasteiger partial charge in [-0.25, -0.2) is 4.79 Å². The highest BCUT2D eigenvalue weighted by molar-refractivity contribution is 5.91. The maximum atomic E-state index is 13.0. The molecule has 144 valence electrons. The number of piperazine rings is 1. The topological polar surface area (TPSA) is 65.8 Å². The second-order valence-corrected chi connectivity index (χ2v) is 9.64. The molecular weight excluding hydrogens is 342 g/mol. The van der Waals surface area contributed by atoms with E-state index in [0.717, 1.165) is 17.8 Å². The first-order chi connectivity index (χ1) is 13.1. The zero-order valence-electron chi connectivity index (χ0n) is 15.7. The van der Waals surface area contributed by atoms with Crippen molar-refractivity contribution in [1.82, 2.24) is 15.1 Å². The van der Waals surface area contributed by atoms with Crippen LogP contribution in [-0.4, -0.2) is 53.5 Å². The van der Waals surface area contributed by atoms with Crippen LogP contribution in [0.15, 0.2) is 22.8 Å². The summed E-state index contributed by atoms with van der Waals surface area (Å²) in [5.74, 6) is 2.91. The van der Waals surface area contributed by atoms with E-state index in [-0.39, 0.29) is 17.5 Å². The Balaban J connectivity index is 1.11. The smallest absolute Gasteiger partial charge is 0.317 e. The third-order valence-corrected chi connectivity index (χ3v) is 8.49.